The first-order chi connectivity index (χ1) is 13.0. The molecule has 27 heavy (non-hydrogen) atoms. The van der Waals surface area contributed by atoms with Gasteiger partial charge >= 0.3 is 0 Å². The van der Waals surface area contributed by atoms with E-state index in [9.17, 15) is 19.7 Å². The van der Waals surface area contributed by atoms with Crippen molar-refractivity contribution < 1.29 is 14.5 Å². The number of hydrogen-bond donors (Lipinski definition) is 2. The van der Waals surface area contributed by atoms with Gasteiger partial charge in [0.1, 0.15) is 5.69 Å². The standard InChI is InChI=1S/C19H24N4O4/c24-18(12-1-2-12)21-15-7-9-22(10-8-15)16-6-3-13(11-17(16)23(26)27)19(25)20-14-4-5-14/h3,6,11-12,14-15H,1-2,4-5,7-10H2,(H,20,25)(H,21,24). The Bertz CT molecular complexity index is 765. The number of carbonyl (C=O) groups excluding carboxylic acids is 2. The number of hydrogen-bond acceptors (Lipinski definition) is 5. The summed E-state index contributed by atoms with van der Waals surface area (Å²) in [6.45, 7) is 1.29. The lowest BCUT2D eigenvalue weighted by atomic mass is 10.0. The van der Waals surface area contributed by atoms with E-state index in [0.29, 0.717) is 24.3 Å². The van der Waals surface area contributed by atoms with Crippen LogP contribution in [0.25, 0.3) is 0 Å². The van der Waals surface area contributed by atoms with E-state index in [1.807, 2.05) is 4.90 Å². The SMILES string of the molecule is O=C(NC1CC1)c1ccc(N2CCC(NC(=O)C3CC3)CC2)c([N+](=O)[O-])c1. The molecule has 1 saturated heterocycles. The third-order valence-electron chi connectivity index (χ3n) is 5.48. The molecule has 144 valence electrons. The van der Waals surface area contributed by atoms with Crippen LogP contribution in [0.2, 0.25) is 0 Å². The summed E-state index contributed by atoms with van der Waals surface area (Å²) in [7, 11) is 0. The van der Waals surface area contributed by atoms with E-state index in [-0.39, 0.29) is 35.5 Å². The molecule has 1 aromatic carbocycles. The van der Waals surface area contributed by atoms with Gasteiger partial charge in [-0.3, -0.25) is 19.7 Å². The van der Waals surface area contributed by atoms with Gasteiger partial charge in [0.15, 0.2) is 0 Å². The fraction of sp³-hybridized carbons (Fsp3) is 0.579. The van der Waals surface area contributed by atoms with Crippen LogP contribution in [0, 0.1) is 16.0 Å². The van der Waals surface area contributed by atoms with Gasteiger partial charge in [0.05, 0.1) is 4.92 Å². The largest absolute Gasteiger partial charge is 0.366 e. The summed E-state index contributed by atoms with van der Waals surface area (Å²) in [6.07, 6.45) is 5.43. The van der Waals surface area contributed by atoms with Gasteiger partial charge in [-0.25, -0.2) is 0 Å². The van der Waals surface area contributed by atoms with Crippen LogP contribution in [-0.4, -0.2) is 41.9 Å². The molecule has 1 heterocycles. The molecule has 1 aliphatic heterocycles. The van der Waals surface area contributed by atoms with Crippen LogP contribution in [0.1, 0.15) is 48.9 Å². The third-order valence-corrected chi connectivity index (χ3v) is 5.48. The van der Waals surface area contributed by atoms with Crippen LogP contribution >= 0.6 is 0 Å². The molecule has 0 aromatic heterocycles. The molecule has 2 aliphatic carbocycles. The van der Waals surface area contributed by atoms with E-state index in [1.54, 1.807) is 12.1 Å². The number of nitrogens with one attached hydrogen (secondary N) is 2. The number of rotatable bonds is 6. The number of benzene rings is 1. The fourth-order valence-electron chi connectivity index (χ4n) is 3.50. The van der Waals surface area contributed by atoms with Crippen molar-refractivity contribution in [1.82, 2.24) is 10.6 Å². The van der Waals surface area contributed by atoms with Crippen molar-refractivity contribution in [2.45, 2.75) is 50.6 Å². The monoisotopic (exact) mass is 372 g/mol. The average molecular weight is 372 g/mol. The maximum Gasteiger partial charge on any atom is 0.293 e. The third kappa shape index (κ3) is 4.20. The fourth-order valence-corrected chi connectivity index (χ4v) is 3.50. The number of amides is 2. The Kier molecular flexibility index (Phi) is 4.72. The van der Waals surface area contributed by atoms with Crippen LogP contribution < -0.4 is 15.5 Å². The molecule has 3 fully saturated rings. The number of nitrogens with zero attached hydrogens (tertiary/aromatic N) is 2. The first-order valence-corrected chi connectivity index (χ1v) is 9.66. The summed E-state index contributed by atoms with van der Waals surface area (Å²) >= 11 is 0. The summed E-state index contributed by atoms with van der Waals surface area (Å²) in [4.78, 5) is 37.2. The molecule has 2 amide bonds. The highest BCUT2D eigenvalue weighted by atomic mass is 16.6. The lowest BCUT2D eigenvalue weighted by Gasteiger charge is -2.33. The van der Waals surface area contributed by atoms with Gasteiger partial charge in [0, 0.05) is 42.7 Å². The normalized spacial score (nSPS) is 20.2. The van der Waals surface area contributed by atoms with E-state index < -0.39 is 4.92 Å². The van der Waals surface area contributed by atoms with Crippen LogP contribution in [0.15, 0.2) is 18.2 Å². The highest BCUT2D eigenvalue weighted by Gasteiger charge is 2.32. The summed E-state index contributed by atoms with van der Waals surface area (Å²) in [5.74, 6) is 0.0811. The number of anilines is 1. The van der Waals surface area contributed by atoms with Crippen molar-refractivity contribution in [1.29, 1.82) is 0 Å². The molecule has 2 saturated carbocycles. The molecule has 0 spiro atoms. The molecule has 2 N–H and O–H groups in total. The molecule has 0 radical (unpaired) electrons. The Hall–Kier alpha value is -2.64. The second-order valence-corrected chi connectivity index (χ2v) is 7.75. The first kappa shape index (κ1) is 17.8. The van der Waals surface area contributed by atoms with E-state index in [1.165, 1.54) is 6.07 Å². The number of piperidine rings is 1. The Morgan fingerprint density at radius 3 is 2.26 bits per heavy atom. The van der Waals surface area contributed by atoms with Crippen molar-refractivity contribution in [2.75, 3.05) is 18.0 Å². The molecule has 0 unspecified atom stereocenters. The van der Waals surface area contributed by atoms with Gasteiger partial charge in [0.25, 0.3) is 11.6 Å². The van der Waals surface area contributed by atoms with Gasteiger partial charge in [0.2, 0.25) is 5.91 Å². The van der Waals surface area contributed by atoms with Gasteiger partial charge in [-0.2, -0.15) is 0 Å². The van der Waals surface area contributed by atoms with Crippen molar-refractivity contribution in [3.8, 4) is 0 Å². The van der Waals surface area contributed by atoms with E-state index in [4.69, 9.17) is 0 Å². The van der Waals surface area contributed by atoms with Crippen molar-refractivity contribution >= 4 is 23.2 Å². The van der Waals surface area contributed by atoms with Gasteiger partial charge in [-0.1, -0.05) is 0 Å². The van der Waals surface area contributed by atoms with Gasteiger partial charge in [-0.05, 0) is 50.7 Å². The van der Waals surface area contributed by atoms with Gasteiger partial charge in [-0.15, -0.1) is 0 Å². The smallest absolute Gasteiger partial charge is 0.293 e. The Balaban J connectivity index is 1.42. The average Bonchev–Trinajstić information content (AvgIpc) is 3.55. The summed E-state index contributed by atoms with van der Waals surface area (Å²) < 4.78 is 0. The van der Waals surface area contributed by atoms with Crippen LogP contribution in [0.3, 0.4) is 0 Å². The number of nitro groups is 1. The van der Waals surface area contributed by atoms with E-state index in [2.05, 4.69) is 10.6 Å². The minimum Gasteiger partial charge on any atom is -0.366 e. The van der Waals surface area contributed by atoms with Crippen molar-refractivity contribution in [3.05, 3.63) is 33.9 Å². The van der Waals surface area contributed by atoms with E-state index >= 15 is 0 Å². The van der Waals surface area contributed by atoms with Crippen LogP contribution in [-0.2, 0) is 4.79 Å². The maximum absolute atomic E-state index is 12.2. The van der Waals surface area contributed by atoms with Crippen molar-refractivity contribution in [3.63, 3.8) is 0 Å². The zero-order chi connectivity index (χ0) is 19.0. The molecule has 8 heteroatoms. The topological polar surface area (TPSA) is 105 Å². The summed E-state index contributed by atoms with van der Waals surface area (Å²) in [6, 6.07) is 5.04. The number of carbonyl (C=O) groups is 2. The zero-order valence-corrected chi connectivity index (χ0v) is 15.1. The highest BCUT2D eigenvalue weighted by Crippen LogP contribution is 2.33. The zero-order valence-electron chi connectivity index (χ0n) is 15.1. The second kappa shape index (κ2) is 7.17. The predicted molar refractivity (Wildman–Crippen MR) is 99.7 cm³/mol. The second-order valence-electron chi connectivity index (χ2n) is 7.75. The Morgan fingerprint density at radius 1 is 1.00 bits per heavy atom. The lowest BCUT2D eigenvalue weighted by Crippen LogP contribution is -2.45. The van der Waals surface area contributed by atoms with Gasteiger partial charge < -0.3 is 15.5 Å². The molecule has 3 aliphatic rings. The molecular formula is C19H24N4O4. The first-order valence-electron chi connectivity index (χ1n) is 9.66. The molecule has 0 atom stereocenters. The minimum atomic E-state index is -0.426. The maximum atomic E-state index is 12.2. The molecule has 0 bridgehead atoms. The lowest BCUT2D eigenvalue weighted by molar-refractivity contribution is -0.384. The summed E-state index contributed by atoms with van der Waals surface area (Å²) in [5, 5.41) is 17.5. The van der Waals surface area contributed by atoms with Crippen LogP contribution in [0.4, 0.5) is 11.4 Å². The molecule has 4 rings (SSSR count). The Morgan fingerprint density at radius 2 is 1.67 bits per heavy atom. The van der Waals surface area contributed by atoms with Crippen LogP contribution in [0.5, 0.6) is 0 Å². The number of nitro benzene ring substituents is 1. The van der Waals surface area contributed by atoms with Crippen molar-refractivity contribution in [2.24, 2.45) is 5.92 Å². The quantitative estimate of drug-likeness (QED) is 0.587. The molecule has 1 aromatic rings. The molecular weight excluding hydrogens is 348 g/mol. The predicted octanol–water partition coefficient (Wildman–Crippen LogP) is 1.98. The summed E-state index contributed by atoms with van der Waals surface area (Å²) in [5.41, 5.74) is 0.817. The van der Waals surface area contributed by atoms with E-state index in [0.717, 1.165) is 38.5 Å². The molecule has 8 nitrogen and oxygen atoms in total. The Labute approximate surface area is 157 Å². The highest BCUT2D eigenvalue weighted by molar-refractivity contribution is 5.96. The minimum absolute atomic E-state index is 0.0427.